The fourth-order valence-electron chi connectivity index (χ4n) is 2.33. The molecule has 1 aliphatic heterocycles. The smallest absolute Gasteiger partial charge is 0.229 e. The maximum Gasteiger partial charge on any atom is 0.229 e. The van der Waals surface area contributed by atoms with Crippen LogP contribution in [0.25, 0.3) is 11.4 Å². The molecule has 0 bridgehead atoms. The molecule has 1 fully saturated rings. The van der Waals surface area contributed by atoms with E-state index in [4.69, 9.17) is 4.52 Å². The number of rotatable bonds is 3. The van der Waals surface area contributed by atoms with Crippen LogP contribution in [0.3, 0.4) is 0 Å². The highest BCUT2D eigenvalue weighted by Crippen LogP contribution is 2.23. The molecule has 2 heterocycles. The van der Waals surface area contributed by atoms with Gasteiger partial charge in [-0.15, -0.1) is 0 Å². The van der Waals surface area contributed by atoms with Crippen LogP contribution in [0.4, 0.5) is 5.69 Å². The largest absolute Gasteiger partial charge is 0.369 e. The van der Waals surface area contributed by atoms with E-state index in [0.717, 1.165) is 31.7 Å². The van der Waals surface area contributed by atoms with E-state index >= 15 is 0 Å². The Morgan fingerprint density at radius 2 is 1.85 bits per heavy atom. The Morgan fingerprint density at radius 1 is 1.15 bits per heavy atom. The molecule has 1 aromatic carbocycles. The lowest BCUT2D eigenvalue weighted by molar-refractivity contribution is 0.365. The van der Waals surface area contributed by atoms with Crippen molar-refractivity contribution in [1.82, 2.24) is 15.5 Å². The average Bonchev–Trinajstić information content (AvgIpc) is 2.98. The molecule has 5 heteroatoms. The van der Waals surface area contributed by atoms with E-state index in [-0.39, 0.29) is 5.92 Å². The SMILES string of the molecule is CC(C)c1nc(-c2ccc(N3CCNCC3)cc2)no1. The van der Waals surface area contributed by atoms with Gasteiger partial charge in [-0.25, -0.2) is 0 Å². The Kier molecular flexibility index (Phi) is 3.69. The molecule has 2 aromatic rings. The Labute approximate surface area is 119 Å². The van der Waals surface area contributed by atoms with Crippen LogP contribution < -0.4 is 10.2 Å². The molecule has 1 aromatic heterocycles. The summed E-state index contributed by atoms with van der Waals surface area (Å²) >= 11 is 0. The molecule has 0 aliphatic carbocycles. The normalized spacial score (nSPS) is 15.8. The van der Waals surface area contributed by atoms with Crippen molar-refractivity contribution in [3.63, 3.8) is 0 Å². The molecular formula is C15H20N4O. The van der Waals surface area contributed by atoms with Gasteiger partial charge in [-0.1, -0.05) is 19.0 Å². The zero-order valence-corrected chi connectivity index (χ0v) is 12.0. The minimum Gasteiger partial charge on any atom is -0.369 e. The van der Waals surface area contributed by atoms with Gasteiger partial charge in [-0.2, -0.15) is 4.98 Å². The maximum atomic E-state index is 5.25. The van der Waals surface area contributed by atoms with E-state index in [2.05, 4.69) is 44.6 Å². The van der Waals surface area contributed by atoms with E-state index in [1.807, 2.05) is 13.8 Å². The molecule has 0 amide bonds. The van der Waals surface area contributed by atoms with Crippen LogP contribution in [-0.2, 0) is 0 Å². The summed E-state index contributed by atoms with van der Waals surface area (Å²) in [5, 5.41) is 7.40. The third-order valence-corrected chi connectivity index (χ3v) is 3.54. The predicted molar refractivity (Wildman–Crippen MR) is 78.9 cm³/mol. The van der Waals surface area contributed by atoms with Crippen LogP contribution in [0.15, 0.2) is 28.8 Å². The Hall–Kier alpha value is -1.88. The third-order valence-electron chi connectivity index (χ3n) is 3.54. The number of nitrogens with zero attached hydrogens (tertiary/aromatic N) is 3. The zero-order valence-electron chi connectivity index (χ0n) is 12.0. The van der Waals surface area contributed by atoms with Crippen LogP contribution in [0.2, 0.25) is 0 Å². The van der Waals surface area contributed by atoms with Crippen molar-refractivity contribution in [1.29, 1.82) is 0 Å². The summed E-state index contributed by atoms with van der Waals surface area (Å²) in [6, 6.07) is 8.39. The first-order valence-electron chi connectivity index (χ1n) is 7.14. The second-order valence-corrected chi connectivity index (χ2v) is 5.39. The summed E-state index contributed by atoms with van der Waals surface area (Å²) in [4.78, 5) is 6.81. The number of hydrogen-bond donors (Lipinski definition) is 1. The van der Waals surface area contributed by atoms with Gasteiger partial charge < -0.3 is 14.7 Å². The summed E-state index contributed by atoms with van der Waals surface area (Å²) < 4.78 is 5.25. The average molecular weight is 272 g/mol. The van der Waals surface area contributed by atoms with Gasteiger partial charge in [0.15, 0.2) is 0 Å². The standard InChI is InChI=1S/C15H20N4O/c1-11(2)15-17-14(18-20-15)12-3-5-13(6-4-12)19-9-7-16-8-10-19/h3-6,11,16H,7-10H2,1-2H3. The number of nitrogens with one attached hydrogen (secondary N) is 1. The highest BCUT2D eigenvalue weighted by atomic mass is 16.5. The summed E-state index contributed by atoms with van der Waals surface area (Å²) in [5.41, 5.74) is 2.25. The minimum atomic E-state index is 0.261. The van der Waals surface area contributed by atoms with Crippen molar-refractivity contribution < 1.29 is 4.52 Å². The number of benzene rings is 1. The van der Waals surface area contributed by atoms with Gasteiger partial charge in [0.2, 0.25) is 11.7 Å². The molecule has 0 spiro atoms. The fraction of sp³-hybridized carbons (Fsp3) is 0.467. The molecule has 1 N–H and O–H groups in total. The van der Waals surface area contributed by atoms with E-state index < -0.39 is 0 Å². The monoisotopic (exact) mass is 272 g/mol. The first-order chi connectivity index (χ1) is 9.74. The van der Waals surface area contributed by atoms with Crippen LogP contribution in [0.1, 0.15) is 25.7 Å². The zero-order chi connectivity index (χ0) is 13.9. The molecule has 3 rings (SSSR count). The number of piperazine rings is 1. The van der Waals surface area contributed by atoms with Gasteiger partial charge in [-0.05, 0) is 24.3 Å². The van der Waals surface area contributed by atoms with Crippen molar-refractivity contribution in [2.75, 3.05) is 31.1 Å². The minimum absolute atomic E-state index is 0.261. The Balaban J connectivity index is 1.77. The van der Waals surface area contributed by atoms with E-state index in [1.165, 1.54) is 5.69 Å². The van der Waals surface area contributed by atoms with Gasteiger partial charge >= 0.3 is 0 Å². The van der Waals surface area contributed by atoms with Crippen LogP contribution >= 0.6 is 0 Å². The lowest BCUT2D eigenvalue weighted by atomic mass is 10.1. The molecule has 5 nitrogen and oxygen atoms in total. The lowest BCUT2D eigenvalue weighted by Crippen LogP contribution is -2.43. The quantitative estimate of drug-likeness (QED) is 0.929. The summed E-state index contributed by atoms with van der Waals surface area (Å²) in [5.74, 6) is 1.61. The molecule has 0 atom stereocenters. The van der Waals surface area contributed by atoms with Crippen molar-refractivity contribution >= 4 is 5.69 Å². The van der Waals surface area contributed by atoms with Crippen LogP contribution in [0.5, 0.6) is 0 Å². The van der Waals surface area contributed by atoms with Gasteiger partial charge in [-0.3, -0.25) is 0 Å². The summed E-state index contributed by atoms with van der Waals surface area (Å²) in [7, 11) is 0. The molecule has 106 valence electrons. The molecule has 1 saturated heterocycles. The van der Waals surface area contributed by atoms with Crippen molar-refractivity contribution in [2.24, 2.45) is 0 Å². The summed E-state index contributed by atoms with van der Waals surface area (Å²) in [6.45, 7) is 8.29. The Morgan fingerprint density at radius 3 is 2.45 bits per heavy atom. The van der Waals surface area contributed by atoms with Crippen LogP contribution in [0, 0.1) is 0 Å². The Bertz CT molecular complexity index is 556. The van der Waals surface area contributed by atoms with E-state index in [1.54, 1.807) is 0 Å². The second-order valence-electron chi connectivity index (χ2n) is 5.39. The van der Waals surface area contributed by atoms with Gasteiger partial charge in [0.05, 0.1) is 0 Å². The van der Waals surface area contributed by atoms with E-state index in [0.29, 0.717) is 11.7 Å². The van der Waals surface area contributed by atoms with Crippen LogP contribution in [-0.4, -0.2) is 36.3 Å². The first-order valence-corrected chi connectivity index (χ1v) is 7.14. The number of aromatic nitrogens is 2. The molecule has 0 unspecified atom stereocenters. The molecule has 20 heavy (non-hydrogen) atoms. The highest BCUT2D eigenvalue weighted by Gasteiger charge is 2.13. The highest BCUT2D eigenvalue weighted by molar-refractivity contribution is 5.60. The van der Waals surface area contributed by atoms with E-state index in [9.17, 15) is 0 Å². The number of anilines is 1. The van der Waals surface area contributed by atoms with Gasteiger partial charge in [0.25, 0.3) is 0 Å². The van der Waals surface area contributed by atoms with Crippen molar-refractivity contribution in [2.45, 2.75) is 19.8 Å². The second kappa shape index (κ2) is 5.63. The molecule has 0 radical (unpaired) electrons. The summed E-state index contributed by atoms with van der Waals surface area (Å²) in [6.07, 6.45) is 0. The van der Waals surface area contributed by atoms with Gasteiger partial charge in [0.1, 0.15) is 0 Å². The molecule has 1 aliphatic rings. The predicted octanol–water partition coefficient (Wildman–Crippen LogP) is 2.27. The lowest BCUT2D eigenvalue weighted by Gasteiger charge is -2.29. The van der Waals surface area contributed by atoms with Crippen molar-refractivity contribution in [3.05, 3.63) is 30.2 Å². The topological polar surface area (TPSA) is 54.2 Å². The molecule has 0 saturated carbocycles. The number of hydrogen-bond acceptors (Lipinski definition) is 5. The first kappa shape index (κ1) is 13.1. The van der Waals surface area contributed by atoms with Crippen molar-refractivity contribution in [3.8, 4) is 11.4 Å². The fourth-order valence-corrected chi connectivity index (χ4v) is 2.33. The van der Waals surface area contributed by atoms with Gasteiger partial charge in [0, 0.05) is 43.3 Å². The third kappa shape index (κ3) is 2.67. The maximum absolute atomic E-state index is 5.25. The molecular weight excluding hydrogens is 252 g/mol.